The van der Waals surface area contributed by atoms with Gasteiger partial charge in [0.25, 0.3) is 0 Å². The maximum atomic E-state index is 12.6. The molecule has 1 spiro atoms. The Morgan fingerprint density at radius 3 is 2.94 bits per heavy atom. The van der Waals surface area contributed by atoms with Crippen LogP contribution in [0.4, 0.5) is 10.5 Å². The van der Waals surface area contributed by atoms with Gasteiger partial charge in [0.1, 0.15) is 11.7 Å². The van der Waals surface area contributed by atoms with E-state index in [1.54, 1.807) is 6.07 Å². The van der Waals surface area contributed by atoms with E-state index in [0.29, 0.717) is 27.4 Å². The Bertz CT molecular complexity index is 1570. The Morgan fingerprint density at radius 2 is 2.17 bits per heavy atom. The number of aliphatic hydroxyl groups is 1. The van der Waals surface area contributed by atoms with Crippen molar-refractivity contribution < 1.29 is 18.8 Å². The lowest BCUT2D eigenvalue weighted by molar-refractivity contribution is 0.155. The smallest absolute Gasteiger partial charge is 0.412 e. The van der Waals surface area contributed by atoms with Crippen molar-refractivity contribution in [3.8, 4) is 16.9 Å². The molecule has 0 saturated heterocycles. The number of fused-ring (bicyclic) bond motifs is 3. The number of amides is 1. The fraction of sp³-hybridized carbons (Fsp3) is 0.269. The van der Waals surface area contributed by atoms with Gasteiger partial charge in [0.15, 0.2) is 10.8 Å². The summed E-state index contributed by atoms with van der Waals surface area (Å²) in [6, 6.07) is 9.29. The zero-order valence-corrected chi connectivity index (χ0v) is 22.0. The molecule has 6 nitrogen and oxygen atoms in total. The van der Waals surface area contributed by atoms with Gasteiger partial charge in [-0.1, -0.05) is 41.1 Å². The lowest BCUT2D eigenvalue weighted by Crippen LogP contribution is -2.30. The fourth-order valence-corrected chi connectivity index (χ4v) is 8.60. The van der Waals surface area contributed by atoms with Crippen LogP contribution in [0, 0.1) is 17.3 Å². The summed E-state index contributed by atoms with van der Waals surface area (Å²) in [7, 11) is -0.602. The number of anilines is 1. The van der Waals surface area contributed by atoms with Crippen molar-refractivity contribution in [2.24, 2.45) is 5.41 Å². The Balaban J connectivity index is 1.11. The Morgan fingerprint density at radius 1 is 1.33 bits per heavy atom. The zero-order chi connectivity index (χ0) is 24.4. The number of carbonyl (C=O) groups is 1. The standard InChI is InChI=1S/C26H19ClN2O4S3/c27-18-4-2-1-3-15(18)13-32-25(31)28-21-19(29-35-22(21)14-5-6-14)8-7-17-11-16-12-20-26(9-10-26)24(30)36(20)33-23(16)34-17/h1-4,11-12,14,30H,5-6,9-10,13H2,(H,28,31). The molecule has 10 heteroatoms. The van der Waals surface area contributed by atoms with Crippen LogP contribution in [0.5, 0.6) is 5.06 Å². The molecule has 0 radical (unpaired) electrons. The van der Waals surface area contributed by atoms with Gasteiger partial charge in [-0.25, -0.2) is 4.79 Å². The van der Waals surface area contributed by atoms with Gasteiger partial charge in [-0.2, -0.15) is 4.37 Å². The number of hydrogen-bond donors (Lipinski definition) is 2. The van der Waals surface area contributed by atoms with Crippen LogP contribution >= 0.6 is 45.2 Å². The van der Waals surface area contributed by atoms with E-state index in [9.17, 15) is 9.90 Å². The monoisotopic (exact) mass is 554 g/mol. The third-order valence-electron chi connectivity index (χ3n) is 6.69. The van der Waals surface area contributed by atoms with Gasteiger partial charge in [-0.3, -0.25) is 5.32 Å². The van der Waals surface area contributed by atoms with Crippen LogP contribution in [-0.4, -0.2) is 20.6 Å². The van der Waals surface area contributed by atoms with Gasteiger partial charge in [0.2, 0.25) is 0 Å². The zero-order valence-electron chi connectivity index (χ0n) is 18.8. The molecule has 182 valence electrons. The minimum atomic E-state index is -0.602. The van der Waals surface area contributed by atoms with E-state index in [-0.39, 0.29) is 12.0 Å². The highest BCUT2D eigenvalue weighted by Crippen LogP contribution is 2.69. The molecular formula is C26H19ClN2O4S3. The molecular weight excluding hydrogens is 536 g/mol. The largest absolute Gasteiger partial charge is 0.444 e. The first-order valence-corrected chi connectivity index (χ1v) is 14.7. The quantitative estimate of drug-likeness (QED) is 0.261. The van der Waals surface area contributed by atoms with E-state index >= 15 is 0 Å². The van der Waals surface area contributed by atoms with Crippen molar-refractivity contribution in [3.63, 3.8) is 0 Å². The topological polar surface area (TPSA) is 80.7 Å². The Hall–Kier alpha value is -2.61. The lowest BCUT2D eigenvalue weighted by Gasteiger charge is -2.35. The third-order valence-corrected chi connectivity index (χ3v) is 11.1. The molecule has 7 rings (SSSR count). The second kappa shape index (κ2) is 8.47. The van der Waals surface area contributed by atoms with Crippen LogP contribution in [-0.2, 0) is 11.3 Å². The number of thiophene rings is 1. The minimum absolute atomic E-state index is 0.0784. The first kappa shape index (κ1) is 22.6. The number of benzene rings is 1. The molecule has 4 heterocycles. The summed E-state index contributed by atoms with van der Waals surface area (Å²) in [5.41, 5.74) is 2.82. The number of rotatable bonds is 4. The molecule has 36 heavy (non-hydrogen) atoms. The molecule has 2 aliphatic heterocycles. The first-order chi connectivity index (χ1) is 17.5. The van der Waals surface area contributed by atoms with E-state index in [1.807, 2.05) is 24.3 Å². The van der Waals surface area contributed by atoms with Crippen LogP contribution in [0.3, 0.4) is 0 Å². The maximum absolute atomic E-state index is 12.6. The highest BCUT2D eigenvalue weighted by Gasteiger charge is 2.60. The Kier molecular flexibility index (Phi) is 5.31. The molecule has 3 aromatic rings. The third kappa shape index (κ3) is 3.80. The summed E-state index contributed by atoms with van der Waals surface area (Å²) in [6.07, 6.45) is 5.77. The summed E-state index contributed by atoms with van der Waals surface area (Å²) in [5, 5.41) is 15.1. The first-order valence-electron chi connectivity index (χ1n) is 11.6. The molecule has 1 unspecified atom stereocenters. The summed E-state index contributed by atoms with van der Waals surface area (Å²) < 4.78 is 16.0. The van der Waals surface area contributed by atoms with E-state index in [1.165, 1.54) is 27.8 Å². The molecule has 1 aromatic carbocycles. The molecule has 2 N–H and O–H groups in total. The van der Waals surface area contributed by atoms with Gasteiger partial charge in [0.05, 0.1) is 31.6 Å². The van der Waals surface area contributed by atoms with Gasteiger partial charge in [-0.05, 0) is 73.2 Å². The molecule has 1 amide bonds. The van der Waals surface area contributed by atoms with Gasteiger partial charge in [0, 0.05) is 21.1 Å². The van der Waals surface area contributed by atoms with E-state index < -0.39 is 16.9 Å². The molecule has 0 bridgehead atoms. The van der Waals surface area contributed by atoms with Gasteiger partial charge < -0.3 is 14.0 Å². The molecule has 4 aliphatic rings. The lowest BCUT2D eigenvalue weighted by atomic mass is 10.1. The van der Waals surface area contributed by atoms with Crippen molar-refractivity contribution in [2.75, 3.05) is 5.32 Å². The van der Waals surface area contributed by atoms with E-state index in [2.05, 4.69) is 27.6 Å². The van der Waals surface area contributed by atoms with Crippen molar-refractivity contribution in [3.05, 3.63) is 66.8 Å². The second-order valence-corrected chi connectivity index (χ2v) is 12.9. The van der Waals surface area contributed by atoms with Crippen molar-refractivity contribution >= 4 is 68.1 Å². The predicted octanol–water partition coefficient (Wildman–Crippen LogP) is 7.28. The number of nitrogens with one attached hydrogen (secondary N) is 1. The second-order valence-electron chi connectivity index (χ2n) is 9.19. The number of nitrogens with zero attached hydrogens (tertiary/aromatic N) is 1. The molecule has 2 aliphatic carbocycles. The number of aromatic nitrogens is 1. The number of hydrogen-bond acceptors (Lipinski definition) is 6. The number of carbonyl (C=O) groups excluding carboxylic acids is 1. The molecule has 2 fully saturated rings. The average Bonchev–Trinajstić information content (AvgIpc) is 3.81. The average molecular weight is 555 g/mol. The maximum Gasteiger partial charge on any atom is 0.412 e. The minimum Gasteiger partial charge on any atom is -0.444 e. The van der Waals surface area contributed by atoms with Gasteiger partial charge in [-0.15, -0.1) is 0 Å². The van der Waals surface area contributed by atoms with E-state index in [4.69, 9.17) is 20.5 Å². The highest BCUT2D eigenvalue weighted by atomic mass is 35.5. The molecule has 2 saturated carbocycles. The SMILES string of the molecule is O=C(Nc1c(C#Cc2cc3c(s2)OS2=C(O)C4(CC4)C2=C3)nsc1C1CC1)OCc1ccccc1Cl. The molecule has 2 aromatic heterocycles. The van der Waals surface area contributed by atoms with Crippen LogP contribution < -0.4 is 9.50 Å². The number of ether oxygens (including phenoxy) is 1. The summed E-state index contributed by atoms with van der Waals surface area (Å²) in [5.74, 6) is 6.74. The van der Waals surface area contributed by atoms with Gasteiger partial charge >= 0.3 is 6.09 Å². The number of aliphatic hydroxyl groups excluding tert-OH is 1. The Labute approximate surface area is 223 Å². The fourth-order valence-electron chi connectivity index (χ4n) is 4.36. The van der Waals surface area contributed by atoms with Crippen LogP contribution in [0.1, 0.15) is 58.2 Å². The van der Waals surface area contributed by atoms with Crippen LogP contribution in [0.15, 0.2) is 35.2 Å². The molecule has 1 atom stereocenters. The predicted molar refractivity (Wildman–Crippen MR) is 145 cm³/mol. The van der Waals surface area contributed by atoms with Crippen molar-refractivity contribution in [1.82, 2.24) is 4.37 Å². The number of halogens is 1. The van der Waals surface area contributed by atoms with Crippen molar-refractivity contribution in [1.29, 1.82) is 0 Å². The van der Waals surface area contributed by atoms with Crippen molar-refractivity contribution in [2.45, 2.75) is 38.2 Å². The van der Waals surface area contributed by atoms with E-state index in [0.717, 1.165) is 51.6 Å². The normalized spacial score (nSPS) is 20.2. The van der Waals surface area contributed by atoms with Crippen LogP contribution in [0.2, 0.25) is 5.02 Å². The summed E-state index contributed by atoms with van der Waals surface area (Å²) in [6.45, 7) is 0.0784. The highest BCUT2D eigenvalue weighted by molar-refractivity contribution is 8.17. The summed E-state index contributed by atoms with van der Waals surface area (Å²) in [4.78, 5) is 15.7. The summed E-state index contributed by atoms with van der Waals surface area (Å²) >= 11 is 9.01. The van der Waals surface area contributed by atoms with Crippen LogP contribution in [0.25, 0.3) is 6.08 Å².